The van der Waals surface area contributed by atoms with Crippen LogP contribution in [0.1, 0.15) is 35.1 Å². The number of aromatic nitrogens is 4. The van der Waals surface area contributed by atoms with Crippen LogP contribution < -0.4 is 5.32 Å². The van der Waals surface area contributed by atoms with Crippen molar-refractivity contribution in [2.75, 3.05) is 16.8 Å². The molecule has 1 atom stereocenters. The minimum Gasteiger partial charge on any atom is -0.323 e. The molecule has 0 saturated carbocycles. The largest absolute Gasteiger partial charge is 0.323 e. The van der Waals surface area contributed by atoms with Crippen molar-refractivity contribution in [1.29, 1.82) is 0 Å². The van der Waals surface area contributed by atoms with E-state index in [0.717, 1.165) is 22.6 Å². The summed E-state index contributed by atoms with van der Waals surface area (Å²) in [5.41, 5.74) is 4.81. The molecule has 3 aromatic rings. The Labute approximate surface area is 163 Å². The summed E-state index contributed by atoms with van der Waals surface area (Å²) in [6, 6.07) is 3.74. The summed E-state index contributed by atoms with van der Waals surface area (Å²) in [5, 5.41) is 7.44. The van der Waals surface area contributed by atoms with Crippen LogP contribution in [0.25, 0.3) is 5.65 Å². The summed E-state index contributed by atoms with van der Waals surface area (Å²) in [4.78, 5) is 17.1. The average molecular weight is 401 g/mol. The Morgan fingerprint density at radius 1 is 1.32 bits per heavy atom. The predicted octanol–water partition coefficient (Wildman–Crippen LogP) is 2.00. The first kappa shape index (κ1) is 18.7. The van der Waals surface area contributed by atoms with E-state index in [2.05, 4.69) is 15.4 Å². The van der Waals surface area contributed by atoms with Crippen molar-refractivity contribution in [2.24, 2.45) is 0 Å². The number of imidazole rings is 1. The molecule has 0 aromatic carbocycles. The molecule has 8 nitrogen and oxygen atoms in total. The average Bonchev–Trinajstić information content (AvgIpc) is 3.28. The highest BCUT2D eigenvalue weighted by molar-refractivity contribution is 7.91. The van der Waals surface area contributed by atoms with Gasteiger partial charge in [-0.2, -0.15) is 5.10 Å². The number of hydrogen-bond acceptors (Lipinski definition) is 5. The lowest BCUT2D eigenvalue weighted by molar-refractivity contribution is -0.115. The molecule has 28 heavy (non-hydrogen) atoms. The van der Waals surface area contributed by atoms with E-state index in [1.807, 2.05) is 43.5 Å². The lowest BCUT2D eigenvalue weighted by Crippen LogP contribution is -2.17. The van der Waals surface area contributed by atoms with Crippen LogP contribution in [0.2, 0.25) is 0 Å². The molecule has 4 rings (SSSR count). The van der Waals surface area contributed by atoms with Crippen LogP contribution in [0, 0.1) is 20.8 Å². The molecule has 1 aliphatic rings. The third kappa shape index (κ3) is 3.30. The first-order chi connectivity index (χ1) is 13.2. The van der Waals surface area contributed by atoms with Crippen molar-refractivity contribution in [1.82, 2.24) is 19.2 Å². The number of nitrogens with zero attached hydrogens (tertiary/aromatic N) is 4. The van der Waals surface area contributed by atoms with E-state index < -0.39 is 9.84 Å². The zero-order valence-electron chi connectivity index (χ0n) is 16.1. The third-order valence-electron chi connectivity index (χ3n) is 5.29. The topological polar surface area (TPSA) is 98.4 Å². The van der Waals surface area contributed by atoms with Crippen LogP contribution >= 0.6 is 0 Å². The lowest BCUT2D eigenvalue weighted by Gasteiger charge is -2.11. The maximum Gasteiger partial charge on any atom is 0.230 e. The molecule has 1 unspecified atom stereocenters. The number of fused-ring (bicyclic) bond motifs is 1. The summed E-state index contributed by atoms with van der Waals surface area (Å²) in [6.45, 7) is 5.66. The molecule has 0 spiro atoms. The number of amides is 1. The summed E-state index contributed by atoms with van der Waals surface area (Å²) >= 11 is 0. The summed E-state index contributed by atoms with van der Waals surface area (Å²) in [6.07, 6.45) is 4.35. The highest BCUT2D eigenvalue weighted by Crippen LogP contribution is 2.29. The van der Waals surface area contributed by atoms with Gasteiger partial charge in [0.15, 0.2) is 9.84 Å². The maximum atomic E-state index is 12.7. The zero-order valence-corrected chi connectivity index (χ0v) is 17.0. The molecule has 0 radical (unpaired) electrons. The van der Waals surface area contributed by atoms with Crippen molar-refractivity contribution >= 4 is 27.1 Å². The van der Waals surface area contributed by atoms with Gasteiger partial charge in [0.2, 0.25) is 5.91 Å². The molecule has 9 heteroatoms. The lowest BCUT2D eigenvalue weighted by atomic mass is 10.2. The first-order valence-corrected chi connectivity index (χ1v) is 11.0. The molecule has 0 aliphatic carbocycles. The maximum absolute atomic E-state index is 12.7. The van der Waals surface area contributed by atoms with Crippen molar-refractivity contribution in [3.63, 3.8) is 0 Å². The molecule has 1 aliphatic heterocycles. The smallest absolute Gasteiger partial charge is 0.230 e. The second-order valence-electron chi connectivity index (χ2n) is 7.41. The minimum absolute atomic E-state index is 0.101. The highest BCUT2D eigenvalue weighted by Gasteiger charge is 2.31. The molecule has 1 fully saturated rings. The first-order valence-electron chi connectivity index (χ1n) is 9.23. The number of pyridine rings is 1. The van der Waals surface area contributed by atoms with E-state index in [4.69, 9.17) is 0 Å². The quantitative estimate of drug-likeness (QED) is 0.721. The van der Waals surface area contributed by atoms with Crippen LogP contribution in [0.3, 0.4) is 0 Å². The van der Waals surface area contributed by atoms with Crippen LogP contribution in [-0.4, -0.2) is 45.0 Å². The fraction of sp³-hybridized carbons (Fsp3) is 0.421. The van der Waals surface area contributed by atoms with Gasteiger partial charge in [-0.3, -0.25) is 9.48 Å². The Balaban J connectivity index is 1.54. The van der Waals surface area contributed by atoms with Gasteiger partial charge in [0.1, 0.15) is 5.65 Å². The normalized spacial score (nSPS) is 18.6. The van der Waals surface area contributed by atoms with Gasteiger partial charge in [-0.1, -0.05) is 6.07 Å². The van der Waals surface area contributed by atoms with Crippen molar-refractivity contribution in [3.8, 4) is 0 Å². The van der Waals surface area contributed by atoms with Gasteiger partial charge in [0.05, 0.1) is 46.7 Å². The Morgan fingerprint density at radius 2 is 2.11 bits per heavy atom. The Hall–Kier alpha value is -2.68. The SMILES string of the molecule is Cc1nn(C2CCS(=O)(=O)C2)c(C)c1NC(=O)Cc1cnc2c(C)cccn12. The molecule has 148 valence electrons. The fourth-order valence-electron chi connectivity index (χ4n) is 3.85. The Bertz CT molecular complexity index is 1180. The number of anilines is 1. The molecular weight excluding hydrogens is 378 g/mol. The van der Waals surface area contributed by atoms with Crippen LogP contribution in [0.15, 0.2) is 24.5 Å². The number of carbonyl (C=O) groups excluding carboxylic acids is 1. The van der Waals surface area contributed by atoms with Gasteiger partial charge in [-0.05, 0) is 38.8 Å². The number of aryl methyl sites for hydroxylation is 2. The molecule has 1 amide bonds. The summed E-state index contributed by atoms with van der Waals surface area (Å²) in [5.74, 6) is 0.127. The van der Waals surface area contributed by atoms with Gasteiger partial charge in [-0.15, -0.1) is 0 Å². The minimum atomic E-state index is -3.00. The predicted molar refractivity (Wildman–Crippen MR) is 106 cm³/mol. The highest BCUT2D eigenvalue weighted by atomic mass is 32.2. The van der Waals surface area contributed by atoms with E-state index in [1.54, 1.807) is 10.9 Å². The van der Waals surface area contributed by atoms with Gasteiger partial charge in [0, 0.05) is 12.4 Å². The van der Waals surface area contributed by atoms with Crippen LogP contribution in [-0.2, 0) is 21.1 Å². The molecule has 4 heterocycles. The molecule has 3 aromatic heterocycles. The summed E-state index contributed by atoms with van der Waals surface area (Å²) in [7, 11) is -3.00. The van der Waals surface area contributed by atoms with E-state index in [0.29, 0.717) is 17.8 Å². The van der Waals surface area contributed by atoms with Crippen LogP contribution in [0.4, 0.5) is 5.69 Å². The summed E-state index contributed by atoms with van der Waals surface area (Å²) < 4.78 is 27.2. The second-order valence-corrected chi connectivity index (χ2v) is 9.64. The Morgan fingerprint density at radius 3 is 2.82 bits per heavy atom. The number of rotatable bonds is 4. The Kier molecular flexibility index (Phi) is 4.49. The van der Waals surface area contributed by atoms with Gasteiger partial charge < -0.3 is 9.72 Å². The van der Waals surface area contributed by atoms with E-state index in [1.165, 1.54) is 0 Å². The standard InChI is InChI=1S/C19H23N5O3S/c1-12-5-4-7-23-16(10-20-19(12)23)9-17(25)21-18-13(2)22-24(14(18)3)15-6-8-28(26,27)11-15/h4-5,7,10,15H,6,8-9,11H2,1-3H3,(H,21,25). The number of sulfone groups is 1. The van der Waals surface area contributed by atoms with Gasteiger partial charge in [0.25, 0.3) is 0 Å². The number of nitrogens with one attached hydrogen (secondary N) is 1. The van der Waals surface area contributed by atoms with Crippen molar-refractivity contribution in [2.45, 2.75) is 39.7 Å². The van der Waals surface area contributed by atoms with Crippen molar-refractivity contribution in [3.05, 3.63) is 47.2 Å². The van der Waals surface area contributed by atoms with Crippen molar-refractivity contribution < 1.29 is 13.2 Å². The molecule has 0 bridgehead atoms. The molecule has 1 saturated heterocycles. The van der Waals surface area contributed by atoms with Gasteiger partial charge in [-0.25, -0.2) is 13.4 Å². The number of carbonyl (C=O) groups is 1. The van der Waals surface area contributed by atoms with E-state index in [-0.39, 0.29) is 29.9 Å². The van der Waals surface area contributed by atoms with E-state index in [9.17, 15) is 13.2 Å². The molecular formula is C19H23N5O3S. The monoisotopic (exact) mass is 401 g/mol. The molecule has 1 N–H and O–H groups in total. The zero-order chi connectivity index (χ0) is 20.1. The second kappa shape index (κ2) is 6.73. The van der Waals surface area contributed by atoms with Gasteiger partial charge >= 0.3 is 0 Å². The van der Waals surface area contributed by atoms with Crippen LogP contribution in [0.5, 0.6) is 0 Å². The third-order valence-corrected chi connectivity index (χ3v) is 7.04. The van der Waals surface area contributed by atoms with E-state index >= 15 is 0 Å². The number of hydrogen-bond donors (Lipinski definition) is 1. The fourth-order valence-corrected chi connectivity index (χ4v) is 5.54.